The van der Waals surface area contributed by atoms with Crippen LogP contribution in [0.15, 0.2) is 78.2 Å². The lowest BCUT2D eigenvalue weighted by Crippen LogP contribution is -2.88. The van der Waals surface area contributed by atoms with Crippen LogP contribution in [-0.4, -0.2) is 23.9 Å². The van der Waals surface area contributed by atoms with Gasteiger partial charge in [0.15, 0.2) is 6.04 Å². The second kappa shape index (κ2) is 8.51. The van der Waals surface area contributed by atoms with Gasteiger partial charge in [0.25, 0.3) is 5.91 Å². The van der Waals surface area contributed by atoms with Crippen molar-refractivity contribution in [1.29, 1.82) is 0 Å². The van der Waals surface area contributed by atoms with Crippen molar-refractivity contribution in [3.05, 3.63) is 94.2 Å². The smallest absolute Gasteiger partial charge is 0.285 e. The van der Waals surface area contributed by atoms with Gasteiger partial charge in [-0.1, -0.05) is 66.7 Å². The molecule has 4 rings (SSSR count). The number of carbonyl (C=O) groups is 1. The molecule has 4 heteroatoms. The van der Waals surface area contributed by atoms with Gasteiger partial charge in [-0.15, -0.1) is 11.3 Å². The third-order valence-electron chi connectivity index (χ3n) is 5.24. The Kier molecular flexibility index (Phi) is 5.66. The molecule has 138 valence electrons. The van der Waals surface area contributed by atoms with E-state index >= 15 is 0 Å². The summed E-state index contributed by atoms with van der Waals surface area (Å²) >= 11 is 1.75. The minimum atomic E-state index is -0.225. The van der Waals surface area contributed by atoms with E-state index in [2.05, 4.69) is 59.2 Å². The standard InChI is InChI=1S/C23H24N2OS/c26-23(25-15-7-8-16-25)22(19-12-5-2-6-13-19)24-21(20-14-9-17-27-20)18-10-3-1-4-11-18/h1-6,9-14,17,21-22,24H,7-8,15-16H2/p+1/t21-,22-/m1/s1. The molecule has 0 saturated carbocycles. The van der Waals surface area contributed by atoms with Crippen molar-refractivity contribution < 1.29 is 10.1 Å². The molecular formula is C23H25N2OS+. The number of amides is 1. The van der Waals surface area contributed by atoms with E-state index in [-0.39, 0.29) is 18.0 Å². The van der Waals surface area contributed by atoms with Crippen molar-refractivity contribution in [2.45, 2.75) is 24.9 Å². The Balaban J connectivity index is 1.69. The second-order valence-corrected chi connectivity index (χ2v) is 8.00. The monoisotopic (exact) mass is 377 g/mol. The Morgan fingerprint density at radius 3 is 2.07 bits per heavy atom. The van der Waals surface area contributed by atoms with Gasteiger partial charge in [0.05, 0.1) is 4.88 Å². The fourth-order valence-corrected chi connectivity index (χ4v) is 4.65. The SMILES string of the molecule is O=C([C@H]([NH2+][C@H](c1ccccc1)c1cccs1)c1ccccc1)N1CCCC1. The van der Waals surface area contributed by atoms with Crippen LogP contribution in [0.25, 0.3) is 0 Å². The minimum Gasteiger partial charge on any atom is -0.337 e. The molecule has 1 aromatic heterocycles. The highest BCUT2D eigenvalue weighted by molar-refractivity contribution is 7.10. The molecule has 2 N–H and O–H groups in total. The van der Waals surface area contributed by atoms with Gasteiger partial charge in [0, 0.05) is 24.2 Å². The van der Waals surface area contributed by atoms with Gasteiger partial charge in [-0.3, -0.25) is 4.79 Å². The number of nitrogens with zero attached hydrogens (tertiary/aromatic N) is 1. The van der Waals surface area contributed by atoms with Crippen LogP contribution in [0.5, 0.6) is 0 Å². The molecule has 3 nitrogen and oxygen atoms in total. The van der Waals surface area contributed by atoms with Crippen LogP contribution in [0.2, 0.25) is 0 Å². The van der Waals surface area contributed by atoms with Crippen LogP contribution in [-0.2, 0) is 4.79 Å². The summed E-state index contributed by atoms with van der Waals surface area (Å²) < 4.78 is 0. The zero-order valence-electron chi connectivity index (χ0n) is 15.3. The van der Waals surface area contributed by atoms with E-state index in [1.54, 1.807) is 11.3 Å². The molecule has 1 aliphatic rings. The third kappa shape index (κ3) is 4.12. The van der Waals surface area contributed by atoms with E-state index in [1.807, 2.05) is 29.2 Å². The molecule has 0 radical (unpaired) electrons. The average molecular weight is 378 g/mol. The van der Waals surface area contributed by atoms with E-state index in [9.17, 15) is 4.79 Å². The van der Waals surface area contributed by atoms with Gasteiger partial charge in [-0.05, 0) is 24.3 Å². The first kappa shape index (κ1) is 18.0. The Morgan fingerprint density at radius 2 is 1.48 bits per heavy atom. The molecule has 0 spiro atoms. The maximum absolute atomic E-state index is 13.4. The molecule has 1 amide bonds. The molecule has 1 aliphatic heterocycles. The van der Waals surface area contributed by atoms with E-state index in [4.69, 9.17) is 0 Å². The maximum atomic E-state index is 13.4. The quantitative estimate of drug-likeness (QED) is 0.698. The lowest BCUT2D eigenvalue weighted by molar-refractivity contribution is -0.714. The highest BCUT2D eigenvalue weighted by Gasteiger charge is 2.34. The van der Waals surface area contributed by atoms with E-state index < -0.39 is 0 Å². The molecule has 3 aromatic rings. The maximum Gasteiger partial charge on any atom is 0.285 e. The van der Waals surface area contributed by atoms with Crippen LogP contribution in [0.3, 0.4) is 0 Å². The van der Waals surface area contributed by atoms with Crippen molar-refractivity contribution >= 4 is 17.2 Å². The molecule has 2 atom stereocenters. The van der Waals surface area contributed by atoms with E-state index in [0.717, 1.165) is 31.5 Å². The van der Waals surface area contributed by atoms with Crippen LogP contribution < -0.4 is 5.32 Å². The van der Waals surface area contributed by atoms with Crippen molar-refractivity contribution in [3.8, 4) is 0 Å². The summed E-state index contributed by atoms with van der Waals surface area (Å²) in [7, 11) is 0. The fraction of sp³-hybridized carbons (Fsp3) is 0.261. The van der Waals surface area contributed by atoms with Crippen molar-refractivity contribution in [3.63, 3.8) is 0 Å². The van der Waals surface area contributed by atoms with Crippen LogP contribution in [0, 0.1) is 0 Å². The first-order valence-corrected chi connectivity index (χ1v) is 10.5. The summed E-state index contributed by atoms with van der Waals surface area (Å²) in [4.78, 5) is 16.7. The molecule has 2 aromatic carbocycles. The molecule has 1 fully saturated rings. The Bertz CT molecular complexity index is 843. The number of likely N-dealkylation sites (tertiary alicyclic amines) is 1. The Labute approximate surface area is 164 Å². The van der Waals surface area contributed by atoms with Crippen molar-refractivity contribution in [2.75, 3.05) is 13.1 Å². The molecule has 27 heavy (non-hydrogen) atoms. The number of hydrogen-bond donors (Lipinski definition) is 1. The first-order chi connectivity index (χ1) is 13.3. The van der Waals surface area contributed by atoms with Crippen LogP contribution >= 0.6 is 11.3 Å². The lowest BCUT2D eigenvalue weighted by atomic mass is 10.00. The fourth-order valence-electron chi connectivity index (χ4n) is 3.82. The first-order valence-electron chi connectivity index (χ1n) is 9.60. The summed E-state index contributed by atoms with van der Waals surface area (Å²) in [6, 6.07) is 24.8. The van der Waals surface area contributed by atoms with Gasteiger partial charge in [-0.25, -0.2) is 0 Å². The van der Waals surface area contributed by atoms with Crippen molar-refractivity contribution in [2.24, 2.45) is 0 Å². The molecule has 1 saturated heterocycles. The summed E-state index contributed by atoms with van der Waals surface area (Å²) in [5.74, 6) is 0.233. The molecule has 0 bridgehead atoms. The Hall–Kier alpha value is -2.43. The number of hydrogen-bond acceptors (Lipinski definition) is 2. The number of nitrogens with two attached hydrogens (primary N) is 1. The minimum absolute atomic E-state index is 0.114. The summed E-state index contributed by atoms with van der Waals surface area (Å²) in [6.45, 7) is 1.76. The van der Waals surface area contributed by atoms with Gasteiger partial charge in [0.2, 0.25) is 0 Å². The van der Waals surface area contributed by atoms with E-state index in [0.29, 0.717) is 0 Å². The van der Waals surface area contributed by atoms with Gasteiger partial charge in [-0.2, -0.15) is 0 Å². The van der Waals surface area contributed by atoms with Gasteiger partial charge >= 0.3 is 0 Å². The number of carbonyl (C=O) groups excluding carboxylic acids is 1. The normalized spacial score (nSPS) is 16.2. The zero-order valence-corrected chi connectivity index (χ0v) is 16.1. The van der Waals surface area contributed by atoms with E-state index in [1.165, 1.54) is 10.4 Å². The lowest BCUT2D eigenvalue weighted by Gasteiger charge is -2.26. The molecule has 2 heterocycles. The Morgan fingerprint density at radius 1 is 0.852 bits per heavy atom. The summed E-state index contributed by atoms with van der Waals surface area (Å²) in [5.41, 5.74) is 2.31. The average Bonchev–Trinajstić information content (AvgIpc) is 3.44. The number of benzene rings is 2. The van der Waals surface area contributed by atoms with Crippen molar-refractivity contribution in [1.82, 2.24) is 4.90 Å². The predicted octanol–water partition coefficient (Wildman–Crippen LogP) is 3.76. The number of rotatable bonds is 6. The van der Waals surface area contributed by atoms with Crippen LogP contribution in [0.4, 0.5) is 0 Å². The summed E-state index contributed by atoms with van der Waals surface area (Å²) in [5, 5.41) is 4.36. The summed E-state index contributed by atoms with van der Waals surface area (Å²) in [6.07, 6.45) is 2.22. The molecular weight excluding hydrogens is 352 g/mol. The van der Waals surface area contributed by atoms with Gasteiger partial charge in [0.1, 0.15) is 6.04 Å². The van der Waals surface area contributed by atoms with Crippen LogP contribution in [0.1, 0.15) is 40.9 Å². The topological polar surface area (TPSA) is 36.9 Å². The van der Waals surface area contributed by atoms with Gasteiger partial charge < -0.3 is 10.2 Å². The largest absolute Gasteiger partial charge is 0.337 e. The predicted molar refractivity (Wildman–Crippen MR) is 110 cm³/mol. The number of quaternary nitrogens is 1. The highest BCUT2D eigenvalue weighted by Crippen LogP contribution is 2.25. The second-order valence-electron chi connectivity index (χ2n) is 7.02. The molecule has 0 unspecified atom stereocenters. The third-order valence-corrected chi connectivity index (χ3v) is 6.19. The number of thiophene rings is 1. The molecule has 0 aliphatic carbocycles. The highest BCUT2D eigenvalue weighted by atomic mass is 32.1. The zero-order chi connectivity index (χ0) is 18.5.